The maximum absolute atomic E-state index is 12.0. The van der Waals surface area contributed by atoms with E-state index >= 15 is 0 Å². The van der Waals surface area contributed by atoms with E-state index in [0.29, 0.717) is 6.54 Å². The van der Waals surface area contributed by atoms with Crippen molar-refractivity contribution in [1.29, 1.82) is 0 Å². The van der Waals surface area contributed by atoms with Crippen molar-refractivity contribution in [3.63, 3.8) is 0 Å². The van der Waals surface area contributed by atoms with Crippen molar-refractivity contribution in [2.75, 3.05) is 7.05 Å². The first kappa shape index (κ1) is 14.9. The summed E-state index contributed by atoms with van der Waals surface area (Å²) >= 11 is 4.91. The van der Waals surface area contributed by atoms with E-state index in [1.54, 1.807) is 18.4 Å². The van der Waals surface area contributed by atoms with E-state index in [2.05, 4.69) is 15.9 Å². The first-order valence-corrected chi connectivity index (χ1v) is 6.89. The van der Waals surface area contributed by atoms with Gasteiger partial charge in [-0.1, -0.05) is 0 Å². The molecule has 0 aliphatic heterocycles. The first-order chi connectivity index (χ1) is 8.32. The minimum Gasteiger partial charge on any atom is -0.478 e. The Balaban J connectivity index is 2.79. The maximum Gasteiger partial charge on any atom is 0.331 e. The third-order valence-electron chi connectivity index (χ3n) is 2.59. The average Bonchev–Trinajstić information content (AvgIpc) is 2.71. The highest BCUT2D eigenvalue weighted by Gasteiger charge is 2.17. The Morgan fingerprint density at radius 2 is 2.00 bits per heavy atom. The van der Waals surface area contributed by atoms with Crippen LogP contribution in [0.25, 0.3) is 0 Å². The van der Waals surface area contributed by atoms with Crippen LogP contribution in [-0.2, 0) is 16.1 Å². The SMILES string of the molecule is C/C(C(=O)O)=C(\C)C(=O)N(C)Cc1csc(Br)c1. The largest absolute Gasteiger partial charge is 0.478 e. The number of carbonyl (C=O) groups excluding carboxylic acids is 1. The third kappa shape index (κ3) is 3.68. The number of likely N-dealkylation sites (N-methyl/N-ethyl adjacent to an activating group) is 1. The highest BCUT2D eigenvalue weighted by molar-refractivity contribution is 9.11. The summed E-state index contributed by atoms with van der Waals surface area (Å²) < 4.78 is 1.01. The molecule has 1 N–H and O–H groups in total. The Labute approximate surface area is 118 Å². The van der Waals surface area contributed by atoms with Crippen LogP contribution in [-0.4, -0.2) is 28.9 Å². The molecule has 0 bridgehead atoms. The Morgan fingerprint density at radius 1 is 1.39 bits per heavy atom. The second kappa shape index (κ2) is 6.15. The van der Waals surface area contributed by atoms with Gasteiger partial charge in [0, 0.05) is 24.7 Å². The molecule has 0 spiro atoms. The lowest BCUT2D eigenvalue weighted by Gasteiger charge is -2.17. The van der Waals surface area contributed by atoms with Gasteiger partial charge in [0.1, 0.15) is 0 Å². The molecule has 4 nitrogen and oxygen atoms in total. The molecular formula is C12H14BrNO3S. The van der Waals surface area contributed by atoms with Gasteiger partial charge in [0.25, 0.3) is 0 Å². The molecule has 1 rings (SSSR count). The van der Waals surface area contributed by atoms with Gasteiger partial charge < -0.3 is 10.0 Å². The fourth-order valence-corrected chi connectivity index (χ4v) is 2.58. The lowest BCUT2D eigenvalue weighted by molar-refractivity contribution is -0.133. The lowest BCUT2D eigenvalue weighted by atomic mass is 10.1. The fourth-order valence-electron chi connectivity index (χ4n) is 1.38. The summed E-state index contributed by atoms with van der Waals surface area (Å²) in [5.41, 5.74) is 1.36. The number of hydrogen-bond donors (Lipinski definition) is 1. The minimum atomic E-state index is -1.06. The Kier molecular flexibility index (Phi) is 5.10. The molecule has 0 aromatic carbocycles. The van der Waals surface area contributed by atoms with E-state index in [1.807, 2.05) is 11.4 Å². The molecule has 0 radical (unpaired) electrons. The average molecular weight is 332 g/mol. The maximum atomic E-state index is 12.0. The predicted octanol–water partition coefficient (Wildman–Crippen LogP) is 2.89. The summed E-state index contributed by atoms with van der Waals surface area (Å²) in [5.74, 6) is -1.33. The molecule has 6 heteroatoms. The molecule has 1 aromatic rings. The summed E-state index contributed by atoms with van der Waals surface area (Å²) in [7, 11) is 1.66. The summed E-state index contributed by atoms with van der Waals surface area (Å²) in [5, 5.41) is 10.8. The molecule has 0 saturated heterocycles. The van der Waals surface area contributed by atoms with Gasteiger partial charge in [-0.3, -0.25) is 4.79 Å². The number of hydrogen-bond acceptors (Lipinski definition) is 3. The molecule has 98 valence electrons. The summed E-state index contributed by atoms with van der Waals surface area (Å²) in [6.45, 7) is 3.43. The van der Waals surface area contributed by atoms with Crippen molar-refractivity contribution in [2.45, 2.75) is 20.4 Å². The first-order valence-electron chi connectivity index (χ1n) is 5.22. The van der Waals surface area contributed by atoms with E-state index in [-0.39, 0.29) is 17.1 Å². The molecule has 1 aromatic heterocycles. The van der Waals surface area contributed by atoms with E-state index in [0.717, 1.165) is 9.35 Å². The smallest absolute Gasteiger partial charge is 0.331 e. The number of rotatable bonds is 4. The number of thiophene rings is 1. The van der Waals surface area contributed by atoms with E-state index in [9.17, 15) is 9.59 Å². The van der Waals surface area contributed by atoms with Crippen molar-refractivity contribution in [1.82, 2.24) is 4.90 Å². The van der Waals surface area contributed by atoms with Crippen LogP contribution < -0.4 is 0 Å². The van der Waals surface area contributed by atoms with Crippen molar-refractivity contribution < 1.29 is 14.7 Å². The molecule has 0 saturated carbocycles. The molecule has 1 amide bonds. The minimum absolute atomic E-state index is 0.0818. The summed E-state index contributed by atoms with van der Waals surface area (Å²) in [6, 6.07) is 1.94. The Morgan fingerprint density at radius 3 is 2.44 bits per heavy atom. The number of carboxylic acids is 1. The van der Waals surface area contributed by atoms with Gasteiger partial charge in [-0.2, -0.15) is 0 Å². The second-order valence-electron chi connectivity index (χ2n) is 3.98. The van der Waals surface area contributed by atoms with Crippen molar-refractivity contribution >= 4 is 39.1 Å². The van der Waals surface area contributed by atoms with Crippen LogP contribution in [0.2, 0.25) is 0 Å². The topological polar surface area (TPSA) is 57.6 Å². The van der Waals surface area contributed by atoms with E-state index in [4.69, 9.17) is 5.11 Å². The number of nitrogens with zero attached hydrogens (tertiary/aromatic N) is 1. The van der Waals surface area contributed by atoms with Crippen LogP contribution in [0.3, 0.4) is 0 Å². The van der Waals surface area contributed by atoms with Crippen LogP contribution in [0.5, 0.6) is 0 Å². The summed E-state index contributed by atoms with van der Waals surface area (Å²) in [4.78, 5) is 24.3. The van der Waals surface area contributed by atoms with Crippen molar-refractivity contribution in [3.8, 4) is 0 Å². The normalized spacial score (nSPS) is 12.0. The molecular weight excluding hydrogens is 318 g/mol. The van der Waals surface area contributed by atoms with Gasteiger partial charge in [-0.05, 0) is 46.8 Å². The zero-order valence-electron chi connectivity index (χ0n) is 10.4. The van der Waals surface area contributed by atoms with Crippen LogP contribution in [0.1, 0.15) is 19.4 Å². The number of carboxylic acid groups (broad SMARTS) is 1. The van der Waals surface area contributed by atoms with Crippen LogP contribution in [0.4, 0.5) is 0 Å². The number of aliphatic carboxylic acids is 1. The molecule has 0 aliphatic carbocycles. The van der Waals surface area contributed by atoms with E-state index < -0.39 is 5.97 Å². The number of carbonyl (C=O) groups is 2. The monoisotopic (exact) mass is 331 g/mol. The third-order valence-corrected chi connectivity index (χ3v) is 4.15. The Bertz CT molecular complexity index is 507. The highest BCUT2D eigenvalue weighted by atomic mass is 79.9. The highest BCUT2D eigenvalue weighted by Crippen LogP contribution is 2.22. The fraction of sp³-hybridized carbons (Fsp3) is 0.333. The second-order valence-corrected chi connectivity index (χ2v) is 6.27. The van der Waals surface area contributed by atoms with Crippen LogP contribution in [0, 0.1) is 0 Å². The van der Waals surface area contributed by atoms with Gasteiger partial charge >= 0.3 is 5.97 Å². The van der Waals surface area contributed by atoms with Crippen LogP contribution >= 0.6 is 27.3 Å². The van der Waals surface area contributed by atoms with Crippen LogP contribution in [0.15, 0.2) is 26.4 Å². The van der Waals surface area contributed by atoms with Gasteiger partial charge in [-0.15, -0.1) is 11.3 Å². The number of halogens is 1. The van der Waals surface area contributed by atoms with Gasteiger partial charge in [0.2, 0.25) is 5.91 Å². The van der Waals surface area contributed by atoms with Crippen molar-refractivity contribution in [2.24, 2.45) is 0 Å². The van der Waals surface area contributed by atoms with Gasteiger partial charge in [0.15, 0.2) is 0 Å². The molecule has 0 unspecified atom stereocenters. The van der Waals surface area contributed by atoms with E-state index in [1.165, 1.54) is 18.7 Å². The molecule has 1 heterocycles. The molecule has 0 fully saturated rings. The Hall–Kier alpha value is -1.14. The molecule has 0 aliphatic rings. The summed E-state index contributed by atoms with van der Waals surface area (Å²) in [6.07, 6.45) is 0. The molecule has 0 atom stereocenters. The standard InChI is InChI=1S/C12H14BrNO3S/c1-7(8(2)12(16)17)11(15)14(3)5-9-4-10(13)18-6-9/h4,6H,5H2,1-3H3,(H,16,17)/b8-7-. The predicted molar refractivity (Wildman–Crippen MR) is 74.5 cm³/mol. The zero-order valence-corrected chi connectivity index (χ0v) is 12.8. The number of amides is 1. The van der Waals surface area contributed by atoms with Gasteiger partial charge in [0.05, 0.1) is 3.79 Å². The zero-order chi connectivity index (χ0) is 13.9. The lowest BCUT2D eigenvalue weighted by Crippen LogP contribution is -2.27. The van der Waals surface area contributed by atoms with Gasteiger partial charge in [-0.25, -0.2) is 4.79 Å². The van der Waals surface area contributed by atoms with Crippen molar-refractivity contribution in [3.05, 3.63) is 31.9 Å². The quantitative estimate of drug-likeness (QED) is 0.863. The molecule has 18 heavy (non-hydrogen) atoms.